The second-order valence-electron chi connectivity index (χ2n) is 9.17. The zero-order valence-electron chi connectivity index (χ0n) is 20.7. The number of para-hydroxylation sites is 2. The van der Waals surface area contributed by atoms with Gasteiger partial charge in [0.25, 0.3) is 11.4 Å². The van der Waals surface area contributed by atoms with Crippen LogP contribution in [0, 0.1) is 20.2 Å². The first-order valence-corrected chi connectivity index (χ1v) is 12.2. The molecule has 0 unspecified atom stereocenters. The van der Waals surface area contributed by atoms with Gasteiger partial charge in [0.15, 0.2) is 6.23 Å². The Bertz CT molecular complexity index is 1590. The van der Waals surface area contributed by atoms with Crippen molar-refractivity contribution in [3.63, 3.8) is 0 Å². The Kier molecular flexibility index (Phi) is 6.01. The van der Waals surface area contributed by atoms with Gasteiger partial charge in [-0.2, -0.15) is 0 Å². The first kappa shape index (κ1) is 24.3. The number of rotatable bonds is 6. The third-order valence-corrected chi connectivity index (χ3v) is 7.01. The molecular weight excluding hydrogens is 500 g/mol. The van der Waals surface area contributed by atoms with E-state index >= 15 is 0 Å². The summed E-state index contributed by atoms with van der Waals surface area (Å²) in [6.45, 7) is 0. The fourth-order valence-corrected chi connectivity index (χ4v) is 5.15. The molecule has 0 spiro atoms. The smallest absolute Gasteiger partial charge is 0.269 e. The Morgan fingerprint density at radius 2 is 1.38 bits per heavy atom. The van der Waals surface area contributed by atoms with E-state index in [-0.39, 0.29) is 11.4 Å². The topological polar surface area (TPSA) is 120 Å². The molecule has 0 aliphatic carbocycles. The molecule has 0 N–H and O–H groups in total. The molecule has 2 heterocycles. The van der Waals surface area contributed by atoms with Crippen LogP contribution >= 0.6 is 0 Å². The molecule has 1 fully saturated rings. The number of anilines is 1. The quantitative estimate of drug-likeness (QED) is 0.215. The lowest BCUT2D eigenvalue weighted by molar-refractivity contribution is -0.385. The van der Waals surface area contributed by atoms with Gasteiger partial charge in [-0.1, -0.05) is 24.3 Å². The molecule has 10 heteroatoms. The van der Waals surface area contributed by atoms with Crippen molar-refractivity contribution in [3.05, 3.63) is 134 Å². The standard InChI is InChI=1S/C29H22N4O6/c1-38-23-16-10-18(11-17-23)26-29-31(25-5-3-2-4-24(25)30-26)27(19-6-12-21(13-7-19)32(34)35)28(39-29)20-8-14-22(15-9-20)33(36)37/h2-17,27-29H,1H3/t27-,28+,29-/m1/s1. The number of hydrogen-bond acceptors (Lipinski definition) is 8. The summed E-state index contributed by atoms with van der Waals surface area (Å²) in [5, 5.41) is 22.6. The second kappa shape index (κ2) is 9.66. The van der Waals surface area contributed by atoms with Gasteiger partial charge in [-0.05, 0) is 59.7 Å². The van der Waals surface area contributed by atoms with Crippen molar-refractivity contribution in [2.75, 3.05) is 12.0 Å². The van der Waals surface area contributed by atoms with Crippen molar-refractivity contribution in [1.82, 2.24) is 0 Å². The molecular formula is C29H22N4O6. The predicted molar refractivity (Wildman–Crippen MR) is 145 cm³/mol. The van der Waals surface area contributed by atoms with Crippen LogP contribution in [-0.2, 0) is 4.74 Å². The van der Waals surface area contributed by atoms with E-state index in [4.69, 9.17) is 14.5 Å². The molecule has 2 aliphatic heterocycles. The number of nitro benzene ring substituents is 2. The fourth-order valence-electron chi connectivity index (χ4n) is 5.15. The summed E-state index contributed by atoms with van der Waals surface area (Å²) in [7, 11) is 1.61. The van der Waals surface area contributed by atoms with E-state index in [1.165, 1.54) is 24.3 Å². The summed E-state index contributed by atoms with van der Waals surface area (Å²) in [5.41, 5.74) is 4.68. The average Bonchev–Trinajstić information content (AvgIpc) is 3.38. The highest BCUT2D eigenvalue weighted by Gasteiger charge is 2.48. The fraction of sp³-hybridized carbons (Fsp3) is 0.138. The summed E-state index contributed by atoms with van der Waals surface area (Å²) in [6.07, 6.45) is -1.14. The van der Waals surface area contributed by atoms with E-state index in [9.17, 15) is 20.2 Å². The molecule has 0 saturated carbocycles. The largest absolute Gasteiger partial charge is 0.497 e. The molecule has 0 radical (unpaired) electrons. The Labute approximate surface area is 223 Å². The monoisotopic (exact) mass is 522 g/mol. The van der Waals surface area contributed by atoms with E-state index in [2.05, 4.69) is 4.90 Å². The van der Waals surface area contributed by atoms with Crippen molar-refractivity contribution in [2.45, 2.75) is 18.4 Å². The van der Waals surface area contributed by atoms with Gasteiger partial charge in [0, 0.05) is 29.8 Å². The lowest BCUT2D eigenvalue weighted by Crippen LogP contribution is -2.41. The normalized spacial score (nSPS) is 19.6. The van der Waals surface area contributed by atoms with Crippen LogP contribution in [0.15, 0.2) is 102 Å². The lowest BCUT2D eigenvalue weighted by atomic mass is 9.93. The van der Waals surface area contributed by atoms with Gasteiger partial charge in [0.1, 0.15) is 11.9 Å². The van der Waals surface area contributed by atoms with Crippen LogP contribution in [0.2, 0.25) is 0 Å². The molecule has 6 rings (SSSR count). The van der Waals surface area contributed by atoms with Crippen molar-refractivity contribution < 1.29 is 19.3 Å². The molecule has 39 heavy (non-hydrogen) atoms. The molecule has 194 valence electrons. The molecule has 4 aromatic rings. The third-order valence-electron chi connectivity index (χ3n) is 7.01. The maximum absolute atomic E-state index is 11.3. The number of benzene rings is 4. The second-order valence-corrected chi connectivity index (χ2v) is 9.17. The Morgan fingerprint density at radius 3 is 1.97 bits per heavy atom. The van der Waals surface area contributed by atoms with E-state index in [0.717, 1.165) is 28.1 Å². The SMILES string of the molecule is COc1ccc(C2=Nc3ccccc3N3[C@@H]2O[C@@H](c2ccc([N+](=O)[O-])cc2)[C@H]3c2ccc([N+](=O)[O-])cc2)cc1. The maximum Gasteiger partial charge on any atom is 0.269 e. The van der Waals surface area contributed by atoms with Crippen molar-refractivity contribution in [3.8, 4) is 5.75 Å². The average molecular weight is 523 g/mol. The molecule has 3 atom stereocenters. The minimum absolute atomic E-state index is 0.0133. The maximum atomic E-state index is 11.3. The minimum atomic E-state index is -0.589. The van der Waals surface area contributed by atoms with Gasteiger partial charge in [-0.3, -0.25) is 20.2 Å². The first-order chi connectivity index (χ1) is 18.9. The van der Waals surface area contributed by atoms with Crippen molar-refractivity contribution in [1.29, 1.82) is 0 Å². The van der Waals surface area contributed by atoms with Crippen LogP contribution in [0.25, 0.3) is 0 Å². The highest BCUT2D eigenvalue weighted by atomic mass is 16.6. The molecule has 2 aliphatic rings. The Balaban J connectivity index is 1.51. The van der Waals surface area contributed by atoms with Crippen LogP contribution in [0.1, 0.15) is 28.8 Å². The molecule has 1 saturated heterocycles. The van der Waals surface area contributed by atoms with Crippen LogP contribution < -0.4 is 9.64 Å². The first-order valence-electron chi connectivity index (χ1n) is 12.2. The van der Waals surface area contributed by atoms with Gasteiger partial charge in [-0.15, -0.1) is 0 Å². The van der Waals surface area contributed by atoms with Crippen LogP contribution in [0.5, 0.6) is 5.75 Å². The number of nitrogens with zero attached hydrogens (tertiary/aromatic N) is 4. The number of fused-ring (bicyclic) bond motifs is 3. The summed E-state index contributed by atoms with van der Waals surface area (Å²) in [6, 6.07) is 27.6. The molecule has 0 amide bonds. The van der Waals surface area contributed by atoms with Gasteiger partial charge < -0.3 is 14.4 Å². The zero-order chi connectivity index (χ0) is 27.1. The summed E-state index contributed by atoms with van der Waals surface area (Å²) in [4.78, 5) is 28.8. The van der Waals surface area contributed by atoms with Crippen molar-refractivity contribution >= 4 is 28.5 Å². The summed E-state index contributed by atoms with van der Waals surface area (Å²) in [5.74, 6) is 0.715. The van der Waals surface area contributed by atoms with E-state index in [0.29, 0.717) is 11.5 Å². The van der Waals surface area contributed by atoms with E-state index in [1.807, 2.05) is 48.5 Å². The minimum Gasteiger partial charge on any atom is -0.497 e. The summed E-state index contributed by atoms with van der Waals surface area (Å²) < 4.78 is 12.1. The highest BCUT2D eigenvalue weighted by Crippen LogP contribution is 2.52. The molecule has 0 aromatic heterocycles. The number of nitro groups is 2. The number of non-ortho nitro benzene ring substituents is 2. The zero-order valence-corrected chi connectivity index (χ0v) is 20.7. The van der Waals surface area contributed by atoms with Crippen LogP contribution in [0.3, 0.4) is 0 Å². The van der Waals surface area contributed by atoms with Gasteiger partial charge in [-0.25, -0.2) is 4.99 Å². The van der Waals surface area contributed by atoms with Gasteiger partial charge in [0.2, 0.25) is 0 Å². The van der Waals surface area contributed by atoms with E-state index in [1.54, 1.807) is 31.4 Å². The third kappa shape index (κ3) is 4.26. The predicted octanol–water partition coefficient (Wildman–Crippen LogP) is 6.29. The summed E-state index contributed by atoms with van der Waals surface area (Å²) >= 11 is 0. The number of hydrogen-bond donors (Lipinski definition) is 0. The van der Waals surface area contributed by atoms with Crippen molar-refractivity contribution in [2.24, 2.45) is 4.99 Å². The van der Waals surface area contributed by atoms with Gasteiger partial charge >= 0.3 is 0 Å². The molecule has 10 nitrogen and oxygen atoms in total. The van der Waals surface area contributed by atoms with E-state index < -0.39 is 28.2 Å². The number of methoxy groups -OCH3 is 1. The number of ether oxygens (including phenoxy) is 2. The van der Waals surface area contributed by atoms with Crippen LogP contribution in [-0.4, -0.2) is 28.9 Å². The number of aliphatic imine (C=N–C) groups is 1. The molecule has 0 bridgehead atoms. The lowest BCUT2D eigenvalue weighted by Gasteiger charge is -2.35. The Hall–Kier alpha value is -5.09. The van der Waals surface area contributed by atoms with Gasteiger partial charge in [0.05, 0.1) is 40.1 Å². The van der Waals surface area contributed by atoms with Crippen LogP contribution in [0.4, 0.5) is 22.7 Å². The Morgan fingerprint density at radius 1 is 0.795 bits per heavy atom. The molecule has 4 aromatic carbocycles. The highest BCUT2D eigenvalue weighted by molar-refractivity contribution is 6.09.